The van der Waals surface area contributed by atoms with Crippen molar-refractivity contribution in [3.63, 3.8) is 0 Å². The van der Waals surface area contributed by atoms with Crippen molar-refractivity contribution in [2.45, 2.75) is 0 Å². The molecule has 0 saturated heterocycles. The molecule has 0 bridgehead atoms. The highest BCUT2D eigenvalue weighted by Gasteiger charge is 2.13. The van der Waals surface area contributed by atoms with E-state index in [1.54, 1.807) is 18.2 Å². The second-order valence-corrected chi connectivity index (χ2v) is 6.09. The highest BCUT2D eigenvalue weighted by molar-refractivity contribution is 9.10. The number of nitrogen functional groups attached to an aromatic ring is 1. The largest absolute Gasteiger partial charge is 0.398 e. The summed E-state index contributed by atoms with van der Waals surface area (Å²) < 4.78 is 0.882. The predicted molar refractivity (Wildman–Crippen MR) is 92.3 cm³/mol. The van der Waals surface area contributed by atoms with Crippen molar-refractivity contribution in [3.05, 3.63) is 51.5 Å². The van der Waals surface area contributed by atoms with Crippen LogP contribution in [-0.4, -0.2) is 20.0 Å². The van der Waals surface area contributed by atoms with Gasteiger partial charge in [-0.05, 0) is 36.4 Å². The summed E-state index contributed by atoms with van der Waals surface area (Å²) in [5.41, 5.74) is 8.18. The van der Waals surface area contributed by atoms with Crippen LogP contribution in [-0.2, 0) is 0 Å². The summed E-state index contributed by atoms with van der Waals surface area (Å²) in [5.74, 6) is -0.273. The van der Waals surface area contributed by atoms with Crippen molar-refractivity contribution >= 4 is 50.5 Å². The van der Waals surface area contributed by atoms with Gasteiger partial charge in [-0.1, -0.05) is 27.5 Å². The van der Waals surface area contributed by atoms with Crippen molar-refractivity contribution in [2.75, 3.05) is 30.0 Å². The number of benzene rings is 2. The van der Waals surface area contributed by atoms with Crippen LogP contribution >= 0.6 is 27.5 Å². The average Bonchev–Trinajstić information content (AvgIpc) is 2.37. The molecular formula is C15H15BrClN3O. The van der Waals surface area contributed by atoms with Crippen molar-refractivity contribution in [1.82, 2.24) is 0 Å². The maximum atomic E-state index is 12.4. The lowest BCUT2D eigenvalue weighted by atomic mass is 10.1. The van der Waals surface area contributed by atoms with E-state index in [0.717, 1.165) is 10.2 Å². The van der Waals surface area contributed by atoms with Crippen LogP contribution in [0.15, 0.2) is 40.9 Å². The molecule has 3 N–H and O–H groups in total. The SMILES string of the molecule is CN(C)c1ccc(Br)cc1NC(=O)c1ccc(Cl)cc1N. The molecule has 0 fully saturated rings. The van der Waals surface area contributed by atoms with Crippen LogP contribution < -0.4 is 16.0 Å². The van der Waals surface area contributed by atoms with Crippen molar-refractivity contribution in [2.24, 2.45) is 0 Å². The fourth-order valence-corrected chi connectivity index (χ4v) is 2.47. The van der Waals surface area contributed by atoms with Gasteiger partial charge in [-0.15, -0.1) is 0 Å². The van der Waals surface area contributed by atoms with Crippen molar-refractivity contribution in [3.8, 4) is 0 Å². The predicted octanol–water partition coefficient (Wildman–Crippen LogP) is 4.00. The number of anilines is 3. The highest BCUT2D eigenvalue weighted by atomic mass is 79.9. The average molecular weight is 369 g/mol. The van der Waals surface area contributed by atoms with Gasteiger partial charge in [-0.2, -0.15) is 0 Å². The molecule has 0 aliphatic rings. The Kier molecular flexibility index (Phi) is 4.75. The summed E-state index contributed by atoms with van der Waals surface area (Å²) in [4.78, 5) is 14.3. The molecule has 2 aromatic rings. The second-order valence-electron chi connectivity index (χ2n) is 4.74. The molecule has 2 aromatic carbocycles. The normalized spacial score (nSPS) is 10.3. The first-order valence-electron chi connectivity index (χ1n) is 6.21. The fraction of sp³-hybridized carbons (Fsp3) is 0.133. The number of nitrogens with two attached hydrogens (primary N) is 1. The van der Waals surface area contributed by atoms with Crippen LogP contribution in [0.2, 0.25) is 5.02 Å². The maximum Gasteiger partial charge on any atom is 0.257 e. The fourth-order valence-electron chi connectivity index (χ4n) is 1.93. The summed E-state index contributed by atoms with van der Waals surface area (Å²) in [6, 6.07) is 10.5. The van der Waals surface area contributed by atoms with Crippen LogP contribution in [0.3, 0.4) is 0 Å². The zero-order chi connectivity index (χ0) is 15.6. The van der Waals surface area contributed by atoms with E-state index in [4.69, 9.17) is 17.3 Å². The van der Waals surface area contributed by atoms with Gasteiger partial charge in [0.15, 0.2) is 0 Å². The summed E-state index contributed by atoms with van der Waals surface area (Å²) >= 11 is 9.25. The van der Waals surface area contributed by atoms with Gasteiger partial charge >= 0.3 is 0 Å². The Bertz CT molecular complexity index is 689. The molecule has 21 heavy (non-hydrogen) atoms. The van der Waals surface area contributed by atoms with E-state index in [1.165, 1.54) is 0 Å². The molecule has 4 nitrogen and oxygen atoms in total. The Balaban J connectivity index is 2.33. The molecule has 0 heterocycles. The van der Waals surface area contributed by atoms with E-state index < -0.39 is 0 Å². The first-order chi connectivity index (χ1) is 9.88. The summed E-state index contributed by atoms with van der Waals surface area (Å²) in [6.45, 7) is 0. The van der Waals surface area contributed by atoms with E-state index in [9.17, 15) is 4.79 Å². The molecule has 0 aliphatic carbocycles. The van der Waals surface area contributed by atoms with Gasteiger partial charge in [-0.25, -0.2) is 0 Å². The van der Waals surface area contributed by atoms with Crippen LogP contribution in [0.4, 0.5) is 17.1 Å². The number of carbonyl (C=O) groups excluding carboxylic acids is 1. The van der Waals surface area contributed by atoms with E-state index in [2.05, 4.69) is 21.2 Å². The van der Waals surface area contributed by atoms with Gasteiger partial charge in [0.2, 0.25) is 0 Å². The van der Waals surface area contributed by atoms with Gasteiger partial charge < -0.3 is 16.0 Å². The quantitative estimate of drug-likeness (QED) is 0.805. The Hall–Kier alpha value is -1.72. The molecule has 0 aromatic heterocycles. The van der Waals surface area contributed by atoms with Crippen molar-refractivity contribution < 1.29 is 4.79 Å². The number of nitrogens with one attached hydrogen (secondary N) is 1. The maximum absolute atomic E-state index is 12.4. The molecule has 0 aliphatic heterocycles. The van der Waals surface area contributed by atoms with Crippen LogP contribution in [0.5, 0.6) is 0 Å². The molecule has 2 rings (SSSR count). The molecule has 0 atom stereocenters. The van der Waals surface area contributed by atoms with Gasteiger partial charge in [-0.3, -0.25) is 4.79 Å². The Morgan fingerprint density at radius 3 is 2.57 bits per heavy atom. The number of rotatable bonds is 3. The van der Waals surface area contributed by atoms with Gasteiger partial charge in [0.25, 0.3) is 5.91 Å². The second kappa shape index (κ2) is 6.37. The molecule has 0 spiro atoms. The monoisotopic (exact) mass is 367 g/mol. The number of hydrogen-bond donors (Lipinski definition) is 2. The molecule has 6 heteroatoms. The third-order valence-electron chi connectivity index (χ3n) is 2.95. The first kappa shape index (κ1) is 15.7. The number of carbonyl (C=O) groups is 1. The molecule has 0 radical (unpaired) electrons. The Morgan fingerprint density at radius 1 is 1.24 bits per heavy atom. The Labute approximate surface area is 137 Å². The van der Waals surface area contributed by atoms with Crippen LogP contribution in [0, 0.1) is 0 Å². The Morgan fingerprint density at radius 2 is 1.95 bits per heavy atom. The molecular weight excluding hydrogens is 354 g/mol. The minimum absolute atomic E-state index is 0.273. The third kappa shape index (κ3) is 3.68. The number of hydrogen-bond acceptors (Lipinski definition) is 3. The van der Waals surface area contributed by atoms with Gasteiger partial charge in [0.05, 0.1) is 16.9 Å². The highest BCUT2D eigenvalue weighted by Crippen LogP contribution is 2.29. The zero-order valence-electron chi connectivity index (χ0n) is 11.7. The number of halogens is 2. The third-order valence-corrected chi connectivity index (χ3v) is 3.68. The van der Waals surface area contributed by atoms with E-state index in [1.807, 2.05) is 37.2 Å². The lowest BCUT2D eigenvalue weighted by molar-refractivity contribution is 0.102. The molecule has 0 saturated carbocycles. The first-order valence-corrected chi connectivity index (χ1v) is 7.39. The molecule has 110 valence electrons. The van der Waals surface area contributed by atoms with E-state index in [-0.39, 0.29) is 5.91 Å². The summed E-state index contributed by atoms with van der Waals surface area (Å²) in [6.07, 6.45) is 0. The zero-order valence-corrected chi connectivity index (χ0v) is 14.0. The minimum atomic E-state index is -0.273. The topological polar surface area (TPSA) is 58.4 Å². The van der Waals surface area contributed by atoms with Gasteiger partial charge in [0.1, 0.15) is 0 Å². The van der Waals surface area contributed by atoms with Crippen LogP contribution in [0.25, 0.3) is 0 Å². The van der Waals surface area contributed by atoms with Crippen LogP contribution in [0.1, 0.15) is 10.4 Å². The number of nitrogens with zero attached hydrogens (tertiary/aromatic N) is 1. The number of amides is 1. The molecule has 1 amide bonds. The summed E-state index contributed by atoms with van der Waals surface area (Å²) in [7, 11) is 3.82. The van der Waals surface area contributed by atoms with Crippen molar-refractivity contribution in [1.29, 1.82) is 0 Å². The minimum Gasteiger partial charge on any atom is -0.398 e. The van der Waals surface area contributed by atoms with E-state index in [0.29, 0.717) is 22.0 Å². The van der Waals surface area contributed by atoms with E-state index >= 15 is 0 Å². The summed E-state index contributed by atoms with van der Waals surface area (Å²) in [5, 5.41) is 3.38. The van der Waals surface area contributed by atoms with Gasteiger partial charge in [0, 0.05) is 29.3 Å². The lowest BCUT2D eigenvalue weighted by Gasteiger charge is -2.18. The molecule has 0 unspecified atom stereocenters. The lowest BCUT2D eigenvalue weighted by Crippen LogP contribution is -2.17. The standard InChI is InChI=1S/C15H15BrClN3O/c1-20(2)14-6-3-9(16)7-13(14)19-15(21)11-5-4-10(17)8-12(11)18/h3-8H,18H2,1-2H3,(H,19,21). The smallest absolute Gasteiger partial charge is 0.257 e.